The van der Waals surface area contributed by atoms with E-state index in [4.69, 9.17) is 4.74 Å². The van der Waals surface area contributed by atoms with E-state index in [0.717, 1.165) is 42.8 Å². The van der Waals surface area contributed by atoms with Crippen LogP contribution in [0.3, 0.4) is 0 Å². The molecule has 2 heterocycles. The summed E-state index contributed by atoms with van der Waals surface area (Å²) in [5.41, 5.74) is 2.54. The molecule has 0 spiro atoms. The average Bonchev–Trinajstić information content (AvgIpc) is 2.87. The Balaban J connectivity index is 1.95. The van der Waals surface area contributed by atoms with Crippen LogP contribution in [0.25, 0.3) is 11.4 Å². The van der Waals surface area contributed by atoms with Crippen molar-refractivity contribution in [3.8, 4) is 17.1 Å². The Kier molecular flexibility index (Phi) is 3.75. The number of hydrogen-bond acceptors (Lipinski definition) is 3. The quantitative estimate of drug-likeness (QED) is 0.734. The van der Waals surface area contributed by atoms with E-state index in [1.54, 1.807) is 35.0 Å². The zero-order valence-electron chi connectivity index (χ0n) is 14.5. The molecule has 0 fully saturated rings. The number of aromatic nitrogens is 3. The van der Waals surface area contributed by atoms with E-state index in [9.17, 15) is 9.59 Å². The highest BCUT2D eigenvalue weighted by Crippen LogP contribution is 2.23. The molecule has 2 aliphatic heterocycles. The molecule has 0 bridgehead atoms. The van der Waals surface area contributed by atoms with E-state index in [-0.39, 0.29) is 11.2 Å². The molecule has 0 saturated heterocycles. The monoisotopic (exact) mass is 339 g/mol. The number of rotatable bonds is 3. The maximum absolute atomic E-state index is 13.0. The first-order chi connectivity index (χ1) is 12.1. The van der Waals surface area contributed by atoms with Crippen molar-refractivity contribution in [1.29, 1.82) is 0 Å². The molecule has 1 aromatic carbocycles. The Morgan fingerprint density at radius 3 is 2.36 bits per heavy atom. The fourth-order valence-electron chi connectivity index (χ4n) is 3.72. The molecular weight excluding hydrogens is 318 g/mol. The van der Waals surface area contributed by atoms with Gasteiger partial charge in [-0.25, -0.2) is 9.36 Å². The number of ether oxygens (including phenoxy) is 1. The lowest BCUT2D eigenvalue weighted by Crippen LogP contribution is -2.28. The molecule has 0 unspecified atom stereocenters. The van der Waals surface area contributed by atoms with Gasteiger partial charge in [0.15, 0.2) is 0 Å². The molecule has 0 radical (unpaired) electrons. The average molecular weight is 339 g/mol. The molecule has 0 N–H and O–H groups in total. The van der Waals surface area contributed by atoms with Crippen LogP contribution >= 0.6 is 0 Å². The highest BCUT2D eigenvalue weighted by Gasteiger charge is 2.25. The SMILES string of the molecule is CCOc1ccc(-n2c(=O)c3cn(C)c4c(n-3c2=O)CCCC4)cc1. The van der Waals surface area contributed by atoms with Gasteiger partial charge in [-0.05, 0) is 56.9 Å². The van der Waals surface area contributed by atoms with Gasteiger partial charge in [-0.3, -0.25) is 9.36 Å². The Hall–Kier alpha value is -2.76. The van der Waals surface area contributed by atoms with Crippen LogP contribution in [0.4, 0.5) is 0 Å². The lowest BCUT2D eigenvalue weighted by Gasteiger charge is -2.22. The number of fused-ring (bicyclic) bond motifs is 3. The third-order valence-electron chi connectivity index (χ3n) is 4.87. The van der Waals surface area contributed by atoms with Gasteiger partial charge in [0, 0.05) is 24.6 Å². The summed E-state index contributed by atoms with van der Waals surface area (Å²) in [6.07, 6.45) is 5.70. The normalized spacial score (nSPS) is 13.8. The first-order valence-corrected chi connectivity index (χ1v) is 8.70. The number of imidazole rings is 1. The molecule has 0 amide bonds. The van der Waals surface area contributed by atoms with Crippen molar-refractivity contribution in [2.24, 2.45) is 7.05 Å². The summed E-state index contributed by atoms with van der Waals surface area (Å²) in [6, 6.07) is 7.06. The van der Waals surface area contributed by atoms with E-state index < -0.39 is 0 Å². The predicted molar refractivity (Wildman–Crippen MR) is 95.6 cm³/mol. The molecule has 6 nitrogen and oxygen atoms in total. The number of aryl methyl sites for hydroxylation is 1. The van der Waals surface area contributed by atoms with Crippen LogP contribution in [0, 0.1) is 0 Å². The third-order valence-corrected chi connectivity index (χ3v) is 4.87. The third kappa shape index (κ3) is 2.40. The van der Waals surface area contributed by atoms with Crippen LogP contribution in [-0.4, -0.2) is 20.3 Å². The lowest BCUT2D eigenvalue weighted by molar-refractivity contribution is 0.340. The van der Waals surface area contributed by atoms with E-state index >= 15 is 0 Å². The summed E-state index contributed by atoms with van der Waals surface area (Å²) in [7, 11) is 1.95. The minimum atomic E-state index is -0.289. The van der Waals surface area contributed by atoms with Crippen molar-refractivity contribution in [3.05, 3.63) is 62.7 Å². The minimum Gasteiger partial charge on any atom is -0.494 e. The highest BCUT2D eigenvalue weighted by molar-refractivity contribution is 5.43. The second-order valence-electron chi connectivity index (χ2n) is 6.41. The second kappa shape index (κ2) is 5.95. The molecule has 6 heteroatoms. The van der Waals surface area contributed by atoms with Gasteiger partial charge in [0.1, 0.15) is 11.4 Å². The van der Waals surface area contributed by atoms with E-state index in [0.29, 0.717) is 18.0 Å². The summed E-state index contributed by atoms with van der Waals surface area (Å²) in [4.78, 5) is 25.9. The minimum absolute atomic E-state index is 0.280. The summed E-state index contributed by atoms with van der Waals surface area (Å²) in [6.45, 7) is 2.49. The van der Waals surface area contributed by atoms with Crippen molar-refractivity contribution in [1.82, 2.24) is 13.7 Å². The van der Waals surface area contributed by atoms with Gasteiger partial charge in [0.25, 0.3) is 5.56 Å². The fourth-order valence-corrected chi connectivity index (χ4v) is 3.72. The Morgan fingerprint density at radius 2 is 1.68 bits per heavy atom. The van der Waals surface area contributed by atoms with Crippen molar-refractivity contribution in [2.75, 3.05) is 6.61 Å². The molecule has 1 aliphatic carbocycles. The Morgan fingerprint density at radius 1 is 1.00 bits per heavy atom. The molecular formula is C19H21N3O3. The zero-order valence-corrected chi connectivity index (χ0v) is 14.5. The van der Waals surface area contributed by atoms with Crippen LogP contribution in [-0.2, 0) is 19.9 Å². The van der Waals surface area contributed by atoms with Crippen molar-refractivity contribution in [2.45, 2.75) is 32.6 Å². The molecule has 25 heavy (non-hydrogen) atoms. The molecule has 0 saturated carbocycles. The van der Waals surface area contributed by atoms with Gasteiger partial charge in [-0.2, -0.15) is 0 Å². The number of benzene rings is 1. The maximum Gasteiger partial charge on any atom is 0.340 e. The van der Waals surface area contributed by atoms with Gasteiger partial charge in [-0.15, -0.1) is 0 Å². The largest absolute Gasteiger partial charge is 0.494 e. The Bertz CT molecular complexity index is 1010. The van der Waals surface area contributed by atoms with Crippen LogP contribution in [0.15, 0.2) is 40.1 Å². The molecule has 1 aromatic rings. The number of nitrogens with zero attached hydrogens (tertiary/aromatic N) is 3. The molecule has 4 rings (SSSR count). The molecule has 130 valence electrons. The predicted octanol–water partition coefficient (Wildman–Crippen LogP) is 2.04. The fraction of sp³-hybridized carbons (Fsp3) is 0.368. The summed E-state index contributed by atoms with van der Waals surface area (Å²) in [5.74, 6) is 0.722. The number of hydrogen-bond donors (Lipinski definition) is 0. The summed E-state index contributed by atoms with van der Waals surface area (Å²) in [5, 5.41) is 0. The van der Waals surface area contributed by atoms with Crippen LogP contribution in [0.2, 0.25) is 0 Å². The Labute approximate surface area is 145 Å². The second-order valence-corrected chi connectivity index (χ2v) is 6.41. The topological polar surface area (TPSA) is 58.2 Å². The van der Waals surface area contributed by atoms with Gasteiger partial charge < -0.3 is 9.30 Å². The van der Waals surface area contributed by atoms with Crippen LogP contribution in [0.5, 0.6) is 5.75 Å². The van der Waals surface area contributed by atoms with E-state index in [1.165, 1.54) is 4.57 Å². The van der Waals surface area contributed by atoms with Crippen molar-refractivity contribution >= 4 is 0 Å². The molecule has 0 aromatic heterocycles. The lowest BCUT2D eigenvalue weighted by atomic mass is 9.99. The summed E-state index contributed by atoms with van der Waals surface area (Å²) < 4.78 is 10.3. The standard InChI is InChI=1S/C19H21N3O3/c1-3-25-14-10-8-13(9-11-14)21-18(23)17-12-20(2)15-6-4-5-7-16(15)22(17)19(21)24/h8-12H,3-7H2,1-2H3. The zero-order chi connectivity index (χ0) is 17.6. The van der Waals surface area contributed by atoms with E-state index in [1.807, 2.05) is 18.5 Å². The van der Waals surface area contributed by atoms with Gasteiger partial charge in [0.05, 0.1) is 12.3 Å². The van der Waals surface area contributed by atoms with Crippen LogP contribution < -0.4 is 16.0 Å². The highest BCUT2D eigenvalue weighted by atomic mass is 16.5. The van der Waals surface area contributed by atoms with Gasteiger partial charge in [-0.1, -0.05) is 0 Å². The first kappa shape index (κ1) is 15.7. The van der Waals surface area contributed by atoms with Gasteiger partial charge >= 0.3 is 5.69 Å². The smallest absolute Gasteiger partial charge is 0.340 e. The van der Waals surface area contributed by atoms with E-state index in [2.05, 4.69) is 0 Å². The maximum atomic E-state index is 13.0. The molecule has 0 atom stereocenters. The van der Waals surface area contributed by atoms with Crippen molar-refractivity contribution < 1.29 is 4.74 Å². The van der Waals surface area contributed by atoms with Gasteiger partial charge in [0.2, 0.25) is 0 Å². The van der Waals surface area contributed by atoms with Crippen LogP contribution in [0.1, 0.15) is 31.2 Å². The summed E-state index contributed by atoms with van der Waals surface area (Å²) >= 11 is 0. The first-order valence-electron chi connectivity index (χ1n) is 8.70. The van der Waals surface area contributed by atoms with Crippen molar-refractivity contribution in [3.63, 3.8) is 0 Å². The molecule has 3 aliphatic rings.